The molecule has 2 saturated heterocycles. The number of piperazine rings is 1. The minimum atomic E-state index is 0.990. The Morgan fingerprint density at radius 2 is 1.43 bits per heavy atom. The molecule has 0 aromatic rings. The average molecular weight is 297 g/mol. The molecule has 3 aliphatic rings. The van der Waals surface area contributed by atoms with E-state index in [0.29, 0.717) is 0 Å². The molecule has 0 amide bonds. The Balaban J connectivity index is 1.43. The van der Waals surface area contributed by atoms with Crippen LogP contribution in [0.15, 0.2) is 0 Å². The van der Waals surface area contributed by atoms with Gasteiger partial charge in [0.05, 0.1) is 31.7 Å². The standard InChI is InChI=1S/C18H35N3/c1-3-19-11-13-21(14-12-19)17-7-9-20(10-8-17)18-6-4-5-16(2)15-18/h16-18H,3-15H2,1-2H3/p+3/t16-,18-/m1/s1. The van der Waals surface area contributed by atoms with Crippen molar-refractivity contribution in [3.05, 3.63) is 0 Å². The zero-order valence-corrected chi connectivity index (χ0v) is 14.4. The fourth-order valence-corrected chi connectivity index (χ4v) is 5.30. The lowest BCUT2D eigenvalue weighted by Gasteiger charge is -2.41. The second-order valence-electron chi connectivity index (χ2n) is 8.16. The Kier molecular flexibility index (Phi) is 5.58. The van der Waals surface area contributed by atoms with Crippen molar-refractivity contribution in [3.63, 3.8) is 0 Å². The maximum Gasteiger partial charge on any atom is 0.127 e. The molecular weight excluding hydrogens is 258 g/mol. The van der Waals surface area contributed by atoms with Gasteiger partial charge in [-0.25, -0.2) is 0 Å². The smallest absolute Gasteiger partial charge is 0.127 e. The summed E-state index contributed by atoms with van der Waals surface area (Å²) in [7, 11) is 0. The molecule has 3 nitrogen and oxygen atoms in total. The van der Waals surface area contributed by atoms with Crippen LogP contribution >= 0.6 is 0 Å². The largest absolute Gasteiger partial charge is 0.332 e. The maximum absolute atomic E-state index is 2.47. The van der Waals surface area contributed by atoms with Gasteiger partial charge in [-0.3, -0.25) is 0 Å². The summed E-state index contributed by atoms with van der Waals surface area (Å²) in [5.41, 5.74) is 0. The summed E-state index contributed by atoms with van der Waals surface area (Å²) in [6.45, 7) is 14.8. The third-order valence-corrected chi connectivity index (χ3v) is 6.82. The molecule has 2 aliphatic heterocycles. The SMILES string of the molecule is CC[NH+]1CC[NH+](C2CC[NH+]([C@@H]3CCC[C@@H](C)C3)CC2)CC1. The number of piperidine rings is 1. The number of quaternary nitrogens is 3. The van der Waals surface area contributed by atoms with E-state index < -0.39 is 0 Å². The van der Waals surface area contributed by atoms with Crippen LogP contribution in [0.25, 0.3) is 0 Å². The van der Waals surface area contributed by atoms with E-state index >= 15 is 0 Å². The number of likely N-dealkylation sites (tertiary alicyclic amines) is 1. The van der Waals surface area contributed by atoms with Gasteiger partial charge in [-0.1, -0.05) is 13.3 Å². The van der Waals surface area contributed by atoms with Gasteiger partial charge in [0, 0.05) is 19.3 Å². The lowest BCUT2D eigenvalue weighted by atomic mass is 9.85. The summed E-state index contributed by atoms with van der Waals surface area (Å²) in [4.78, 5) is 5.75. The molecule has 2 heterocycles. The van der Waals surface area contributed by atoms with Crippen LogP contribution < -0.4 is 14.7 Å². The Labute approximate surface area is 131 Å². The molecule has 3 heteroatoms. The summed E-state index contributed by atoms with van der Waals surface area (Å²) in [6, 6.07) is 2.00. The molecule has 0 aromatic heterocycles. The highest BCUT2D eigenvalue weighted by molar-refractivity contribution is 4.71. The summed E-state index contributed by atoms with van der Waals surface area (Å²) in [6.07, 6.45) is 8.99. The van der Waals surface area contributed by atoms with Gasteiger partial charge in [-0.15, -0.1) is 0 Å². The maximum atomic E-state index is 2.47. The van der Waals surface area contributed by atoms with E-state index in [1.54, 1.807) is 0 Å². The van der Waals surface area contributed by atoms with Crippen molar-refractivity contribution < 1.29 is 14.7 Å². The van der Waals surface area contributed by atoms with Crippen LogP contribution in [0, 0.1) is 5.92 Å². The first-order valence-electron chi connectivity index (χ1n) is 9.79. The van der Waals surface area contributed by atoms with Crippen LogP contribution in [-0.2, 0) is 0 Å². The topological polar surface area (TPSA) is 13.3 Å². The monoisotopic (exact) mass is 296 g/mol. The molecule has 0 spiro atoms. The highest BCUT2D eigenvalue weighted by atomic mass is 15.3. The van der Waals surface area contributed by atoms with Crippen molar-refractivity contribution >= 4 is 0 Å². The summed E-state index contributed by atoms with van der Waals surface area (Å²) >= 11 is 0. The van der Waals surface area contributed by atoms with E-state index in [0.717, 1.165) is 18.0 Å². The quantitative estimate of drug-likeness (QED) is 0.556. The van der Waals surface area contributed by atoms with Crippen molar-refractivity contribution in [2.45, 2.75) is 64.5 Å². The first-order chi connectivity index (χ1) is 10.3. The molecule has 3 N–H and O–H groups in total. The number of rotatable bonds is 3. The molecule has 122 valence electrons. The Hall–Kier alpha value is -0.120. The first-order valence-corrected chi connectivity index (χ1v) is 9.79. The van der Waals surface area contributed by atoms with Gasteiger partial charge in [0.15, 0.2) is 0 Å². The minimum Gasteiger partial charge on any atom is -0.332 e. The van der Waals surface area contributed by atoms with Gasteiger partial charge >= 0.3 is 0 Å². The predicted octanol–water partition coefficient (Wildman–Crippen LogP) is -1.58. The number of hydrogen-bond acceptors (Lipinski definition) is 0. The van der Waals surface area contributed by atoms with Gasteiger partial charge in [0.1, 0.15) is 26.2 Å². The Morgan fingerprint density at radius 1 is 0.762 bits per heavy atom. The Morgan fingerprint density at radius 3 is 2.05 bits per heavy atom. The van der Waals surface area contributed by atoms with Crippen LogP contribution in [0.4, 0.5) is 0 Å². The third-order valence-electron chi connectivity index (χ3n) is 6.82. The molecule has 3 rings (SSSR count). The van der Waals surface area contributed by atoms with Crippen LogP contribution in [0.1, 0.15) is 52.4 Å². The molecule has 0 bridgehead atoms. The van der Waals surface area contributed by atoms with Crippen LogP contribution in [0.3, 0.4) is 0 Å². The zero-order valence-electron chi connectivity index (χ0n) is 14.4. The Bertz CT molecular complexity index is 304. The highest BCUT2D eigenvalue weighted by Gasteiger charge is 2.36. The molecule has 0 radical (unpaired) electrons. The van der Waals surface area contributed by atoms with Gasteiger partial charge in [0.2, 0.25) is 0 Å². The van der Waals surface area contributed by atoms with E-state index in [2.05, 4.69) is 13.8 Å². The van der Waals surface area contributed by atoms with Crippen LogP contribution in [-0.4, -0.2) is 57.9 Å². The number of hydrogen-bond donors (Lipinski definition) is 3. The second-order valence-corrected chi connectivity index (χ2v) is 8.16. The molecule has 2 atom stereocenters. The van der Waals surface area contributed by atoms with Gasteiger partial charge < -0.3 is 14.7 Å². The number of nitrogens with one attached hydrogen (secondary N) is 3. The second kappa shape index (κ2) is 7.43. The highest BCUT2D eigenvalue weighted by Crippen LogP contribution is 2.22. The van der Waals surface area contributed by atoms with Crippen molar-refractivity contribution in [2.24, 2.45) is 5.92 Å². The van der Waals surface area contributed by atoms with E-state index in [9.17, 15) is 0 Å². The lowest BCUT2D eigenvalue weighted by molar-refractivity contribution is -1.03. The van der Waals surface area contributed by atoms with Crippen LogP contribution in [0.5, 0.6) is 0 Å². The molecule has 0 unspecified atom stereocenters. The molecular formula is C18H38N3+3. The lowest BCUT2D eigenvalue weighted by Crippen LogP contribution is -3.30. The summed E-state index contributed by atoms with van der Waals surface area (Å²) in [5, 5.41) is 0. The van der Waals surface area contributed by atoms with Gasteiger partial charge in [-0.05, 0) is 25.7 Å². The van der Waals surface area contributed by atoms with Gasteiger partial charge in [-0.2, -0.15) is 0 Å². The fraction of sp³-hybridized carbons (Fsp3) is 1.00. The normalized spacial score (nSPS) is 45.4. The molecule has 1 saturated carbocycles. The average Bonchev–Trinajstić information content (AvgIpc) is 2.55. The molecule has 3 fully saturated rings. The van der Waals surface area contributed by atoms with Crippen LogP contribution in [0.2, 0.25) is 0 Å². The van der Waals surface area contributed by atoms with Crippen molar-refractivity contribution in [1.29, 1.82) is 0 Å². The van der Waals surface area contributed by atoms with E-state index in [-0.39, 0.29) is 0 Å². The fourth-order valence-electron chi connectivity index (χ4n) is 5.30. The molecule has 1 aliphatic carbocycles. The number of likely N-dealkylation sites (N-methyl/N-ethyl adjacent to an activating group) is 1. The van der Waals surface area contributed by atoms with E-state index in [4.69, 9.17) is 0 Å². The minimum absolute atomic E-state index is 0.990. The molecule has 21 heavy (non-hydrogen) atoms. The van der Waals surface area contributed by atoms with Crippen molar-refractivity contribution in [1.82, 2.24) is 0 Å². The summed E-state index contributed by atoms with van der Waals surface area (Å²) < 4.78 is 0. The summed E-state index contributed by atoms with van der Waals surface area (Å²) in [5.74, 6) is 0.990. The third kappa shape index (κ3) is 4.00. The predicted molar refractivity (Wildman–Crippen MR) is 87.1 cm³/mol. The zero-order chi connectivity index (χ0) is 14.7. The van der Waals surface area contributed by atoms with E-state index in [1.165, 1.54) is 84.3 Å². The van der Waals surface area contributed by atoms with Gasteiger partial charge in [0.25, 0.3) is 0 Å². The molecule has 0 aromatic carbocycles. The van der Waals surface area contributed by atoms with E-state index in [1.807, 2.05) is 14.7 Å². The van der Waals surface area contributed by atoms with Crippen molar-refractivity contribution in [3.8, 4) is 0 Å². The van der Waals surface area contributed by atoms with Crippen molar-refractivity contribution in [2.75, 3.05) is 45.8 Å². The first kappa shape index (κ1) is 15.8.